The Kier molecular flexibility index (Phi) is 5.16. The molecule has 0 aromatic carbocycles. The van der Waals surface area contributed by atoms with Crippen LogP contribution in [0.5, 0.6) is 0 Å². The summed E-state index contributed by atoms with van der Waals surface area (Å²) in [4.78, 5) is 42.9. The van der Waals surface area contributed by atoms with Crippen molar-refractivity contribution >= 4 is 23.2 Å². The Morgan fingerprint density at radius 2 is 2.25 bits per heavy atom. The monoisotopic (exact) mass is 452 g/mol. The van der Waals surface area contributed by atoms with E-state index in [1.807, 2.05) is 34.6 Å². The lowest BCUT2D eigenvalue weighted by molar-refractivity contribution is -0.136. The summed E-state index contributed by atoms with van der Waals surface area (Å²) < 4.78 is 2.06. The zero-order valence-corrected chi connectivity index (χ0v) is 19.4. The van der Waals surface area contributed by atoms with Gasteiger partial charge < -0.3 is 19.4 Å². The first-order valence-electron chi connectivity index (χ1n) is 11.0. The van der Waals surface area contributed by atoms with E-state index in [1.165, 1.54) is 0 Å². The molecule has 9 heteroatoms. The second-order valence-corrected chi connectivity index (χ2v) is 10.2. The van der Waals surface area contributed by atoms with Crippen molar-refractivity contribution in [3.8, 4) is 0 Å². The van der Waals surface area contributed by atoms with E-state index in [2.05, 4.69) is 33.4 Å². The maximum atomic E-state index is 13.8. The Morgan fingerprint density at radius 1 is 1.41 bits per heavy atom. The Bertz CT molecular complexity index is 1130. The van der Waals surface area contributed by atoms with E-state index in [1.54, 1.807) is 29.8 Å². The molecule has 0 bridgehead atoms. The van der Waals surface area contributed by atoms with Gasteiger partial charge in [-0.2, -0.15) is 0 Å². The molecule has 0 saturated carbocycles. The van der Waals surface area contributed by atoms with Crippen molar-refractivity contribution < 1.29 is 9.59 Å². The van der Waals surface area contributed by atoms with Crippen molar-refractivity contribution in [1.29, 1.82) is 0 Å². The number of rotatable bonds is 5. The van der Waals surface area contributed by atoms with E-state index in [-0.39, 0.29) is 23.8 Å². The first-order chi connectivity index (χ1) is 15.4. The van der Waals surface area contributed by atoms with Crippen LogP contribution >= 0.6 is 11.3 Å². The molecule has 1 spiro atoms. The van der Waals surface area contributed by atoms with Crippen molar-refractivity contribution in [2.45, 2.75) is 45.7 Å². The van der Waals surface area contributed by atoms with Gasteiger partial charge >= 0.3 is 0 Å². The highest BCUT2D eigenvalue weighted by Gasteiger charge is 2.58. The number of hydrogen-bond donors (Lipinski definition) is 1. The number of likely N-dealkylation sites (tertiary alicyclic amines) is 2. The van der Waals surface area contributed by atoms with Gasteiger partial charge in [0, 0.05) is 55.6 Å². The number of amides is 2. The Labute approximate surface area is 191 Å². The van der Waals surface area contributed by atoms with Gasteiger partial charge in [-0.05, 0) is 33.3 Å². The van der Waals surface area contributed by atoms with Crippen LogP contribution in [0.3, 0.4) is 0 Å². The topological polar surface area (TPSA) is 87.1 Å². The third-order valence-corrected chi connectivity index (χ3v) is 7.63. The fourth-order valence-corrected chi connectivity index (χ4v) is 5.66. The molecule has 2 amide bonds. The summed E-state index contributed by atoms with van der Waals surface area (Å²) in [6.45, 7) is 8.29. The third kappa shape index (κ3) is 3.44. The van der Waals surface area contributed by atoms with Crippen LogP contribution in [-0.4, -0.2) is 60.8 Å². The number of imidazole rings is 1. The maximum Gasteiger partial charge on any atom is 0.255 e. The summed E-state index contributed by atoms with van der Waals surface area (Å²) >= 11 is 1.60. The third-order valence-electron chi connectivity index (χ3n) is 6.81. The van der Waals surface area contributed by atoms with E-state index in [0.717, 1.165) is 16.4 Å². The van der Waals surface area contributed by atoms with E-state index in [9.17, 15) is 9.59 Å². The van der Waals surface area contributed by atoms with E-state index in [4.69, 9.17) is 0 Å². The number of H-pyrrole nitrogens is 1. The van der Waals surface area contributed by atoms with Crippen molar-refractivity contribution in [2.75, 3.05) is 19.6 Å². The average molecular weight is 453 g/mol. The summed E-state index contributed by atoms with van der Waals surface area (Å²) in [5, 5.41) is 3.02. The van der Waals surface area contributed by atoms with E-state index < -0.39 is 5.41 Å². The number of nitrogens with one attached hydrogen (secondary N) is 1. The molecular weight excluding hydrogens is 424 g/mol. The Balaban J connectivity index is 1.46. The van der Waals surface area contributed by atoms with Crippen LogP contribution in [0.25, 0.3) is 0 Å². The van der Waals surface area contributed by atoms with Gasteiger partial charge in [-0.15, -0.1) is 11.3 Å². The standard InChI is InChI=1S/C23H28N6O2S/c1-15(2)29-11-20(25-14-29)19-10-28(21(30)17-4-6-24-8-17)13-23(19)5-7-27(22(23)31)9-18-12-32-16(3)26-18/h4,6,8,11-12,14-15,19,24H,5,7,9-10,13H2,1-3H3. The molecule has 8 nitrogen and oxygen atoms in total. The zero-order chi connectivity index (χ0) is 22.5. The fourth-order valence-electron chi connectivity index (χ4n) is 5.05. The number of aromatic amines is 1. The molecule has 2 aliphatic rings. The number of thiazole rings is 1. The maximum absolute atomic E-state index is 13.8. The van der Waals surface area contributed by atoms with Crippen molar-refractivity contribution in [3.63, 3.8) is 0 Å². The molecular formula is C23H28N6O2S. The second-order valence-electron chi connectivity index (χ2n) is 9.17. The van der Waals surface area contributed by atoms with Crippen LogP contribution < -0.4 is 0 Å². The summed E-state index contributed by atoms with van der Waals surface area (Å²) in [7, 11) is 0. The van der Waals surface area contributed by atoms with Gasteiger partial charge in [0.05, 0.1) is 40.2 Å². The normalized spacial score (nSPS) is 23.2. The van der Waals surface area contributed by atoms with Crippen LogP contribution in [0.1, 0.15) is 59.0 Å². The van der Waals surface area contributed by atoms with Crippen molar-refractivity contribution in [1.82, 2.24) is 29.3 Å². The average Bonchev–Trinajstić information content (AvgIpc) is 3.57. The number of nitrogens with zero attached hydrogens (tertiary/aromatic N) is 5. The molecule has 5 rings (SSSR count). The van der Waals surface area contributed by atoms with E-state index >= 15 is 0 Å². The predicted molar refractivity (Wildman–Crippen MR) is 121 cm³/mol. The summed E-state index contributed by atoms with van der Waals surface area (Å²) in [5.41, 5.74) is 1.79. The quantitative estimate of drug-likeness (QED) is 0.644. The second kappa shape index (κ2) is 7.88. The summed E-state index contributed by atoms with van der Waals surface area (Å²) in [6.07, 6.45) is 8.05. The molecule has 2 unspecified atom stereocenters. The van der Waals surface area contributed by atoms with Gasteiger partial charge in [-0.25, -0.2) is 9.97 Å². The van der Waals surface area contributed by atoms with Gasteiger partial charge in [-0.1, -0.05) is 0 Å². The molecule has 5 heterocycles. The first kappa shape index (κ1) is 20.9. The number of aromatic nitrogens is 4. The molecule has 2 saturated heterocycles. The van der Waals surface area contributed by atoms with Crippen LogP contribution in [0.2, 0.25) is 0 Å². The first-order valence-corrected chi connectivity index (χ1v) is 11.9. The SMILES string of the molecule is Cc1nc(CN2CCC3(CN(C(=O)c4cc[nH]c4)CC3c3cn(C(C)C)cn3)C2=O)cs1. The minimum absolute atomic E-state index is 0.0437. The highest BCUT2D eigenvalue weighted by atomic mass is 32.1. The molecule has 0 aliphatic carbocycles. The minimum Gasteiger partial charge on any atom is -0.367 e. The number of carbonyl (C=O) groups excluding carboxylic acids is 2. The molecule has 2 atom stereocenters. The molecule has 32 heavy (non-hydrogen) atoms. The lowest BCUT2D eigenvalue weighted by Gasteiger charge is -2.27. The highest BCUT2D eigenvalue weighted by Crippen LogP contribution is 2.50. The number of aryl methyl sites for hydroxylation is 1. The largest absolute Gasteiger partial charge is 0.367 e. The number of hydrogen-bond acceptors (Lipinski definition) is 5. The minimum atomic E-state index is -0.646. The van der Waals surface area contributed by atoms with Crippen molar-refractivity contribution in [3.05, 3.63) is 58.3 Å². The van der Waals surface area contributed by atoms with Gasteiger partial charge in [0.25, 0.3) is 5.91 Å². The lowest BCUT2D eigenvalue weighted by Crippen LogP contribution is -2.40. The summed E-state index contributed by atoms with van der Waals surface area (Å²) in [5.74, 6) is -0.0607. The molecule has 3 aromatic heterocycles. The molecule has 0 radical (unpaired) electrons. The molecule has 2 aliphatic heterocycles. The van der Waals surface area contributed by atoms with Crippen LogP contribution in [0.15, 0.2) is 36.4 Å². The lowest BCUT2D eigenvalue weighted by atomic mass is 9.75. The Hall–Kier alpha value is -2.94. The van der Waals surface area contributed by atoms with Gasteiger partial charge in [0.15, 0.2) is 0 Å². The van der Waals surface area contributed by atoms with Crippen molar-refractivity contribution in [2.24, 2.45) is 5.41 Å². The highest BCUT2D eigenvalue weighted by molar-refractivity contribution is 7.09. The van der Waals surface area contributed by atoms with E-state index in [0.29, 0.717) is 38.2 Å². The van der Waals surface area contributed by atoms with Crippen LogP contribution in [-0.2, 0) is 11.3 Å². The fraction of sp³-hybridized carbons (Fsp3) is 0.478. The van der Waals surface area contributed by atoms with Crippen LogP contribution in [0.4, 0.5) is 0 Å². The van der Waals surface area contributed by atoms with Gasteiger partial charge in [0.1, 0.15) is 0 Å². The molecule has 1 N–H and O–H groups in total. The van der Waals surface area contributed by atoms with Gasteiger partial charge in [0.2, 0.25) is 5.91 Å². The zero-order valence-electron chi connectivity index (χ0n) is 18.6. The number of carbonyl (C=O) groups is 2. The summed E-state index contributed by atoms with van der Waals surface area (Å²) in [6, 6.07) is 2.07. The predicted octanol–water partition coefficient (Wildman–Crippen LogP) is 3.22. The molecule has 2 fully saturated rings. The van der Waals surface area contributed by atoms with Crippen LogP contribution in [0, 0.1) is 12.3 Å². The smallest absolute Gasteiger partial charge is 0.255 e. The molecule has 3 aromatic rings. The van der Waals surface area contributed by atoms with Gasteiger partial charge in [-0.3, -0.25) is 9.59 Å². The molecule has 168 valence electrons. The Morgan fingerprint density at radius 3 is 2.91 bits per heavy atom.